The number of amides is 1. The second-order valence-corrected chi connectivity index (χ2v) is 5.44. The molecule has 4 nitrogen and oxygen atoms in total. The number of hydrazone groups is 1. The molecule has 3 rings (SSSR count). The Balaban J connectivity index is 2.10. The van der Waals surface area contributed by atoms with Gasteiger partial charge < -0.3 is 0 Å². The average Bonchev–Trinajstić information content (AvgIpc) is 2.51. The Labute approximate surface area is 117 Å². The topological polar surface area (TPSA) is 58.5 Å². The van der Waals surface area contributed by atoms with Crippen LogP contribution in [-0.4, -0.2) is 17.4 Å². The summed E-state index contributed by atoms with van der Waals surface area (Å²) in [7, 11) is 0. The van der Waals surface area contributed by atoms with E-state index in [1.165, 1.54) is 0 Å². The molecular formula is C16H16N2O2. The fraction of sp³-hybridized carbons (Fsp3) is 0.312. The van der Waals surface area contributed by atoms with Crippen LogP contribution in [0.25, 0.3) is 0 Å². The number of carbonyl (C=O) groups is 2. The lowest BCUT2D eigenvalue weighted by molar-refractivity contribution is -0.138. The largest absolute Gasteiger partial charge is 0.298 e. The monoisotopic (exact) mass is 268 g/mol. The molecule has 1 N–H and O–H groups in total. The number of carbonyl (C=O) groups excluding carboxylic acids is 2. The van der Waals surface area contributed by atoms with Crippen LogP contribution in [0.15, 0.2) is 47.6 Å². The molecule has 4 heteroatoms. The van der Waals surface area contributed by atoms with Crippen LogP contribution in [0.5, 0.6) is 0 Å². The lowest BCUT2D eigenvalue weighted by Gasteiger charge is -2.33. The molecule has 2 bridgehead atoms. The quantitative estimate of drug-likeness (QED) is 0.792. The minimum atomic E-state index is -1.17. The van der Waals surface area contributed by atoms with E-state index in [4.69, 9.17) is 0 Å². The van der Waals surface area contributed by atoms with Gasteiger partial charge in [-0.25, -0.2) is 5.43 Å². The van der Waals surface area contributed by atoms with Crippen molar-refractivity contribution < 1.29 is 9.59 Å². The predicted molar refractivity (Wildman–Crippen MR) is 76.2 cm³/mol. The number of hydrogen-bond donors (Lipinski definition) is 1. The first-order chi connectivity index (χ1) is 9.62. The van der Waals surface area contributed by atoms with Gasteiger partial charge >= 0.3 is 0 Å². The maximum absolute atomic E-state index is 12.9. The number of nitrogens with zero attached hydrogens (tertiary/aromatic N) is 1. The summed E-state index contributed by atoms with van der Waals surface area (Å²) in [4.78, 5) is 25.4. The highest BCUT2D eigenvalue weighted by atomic mass is 16.2. The smallest absolute Gasteiger partial charge is 0.257 e. The minimum absolute atomic E-state index is 0.0297. The van der Waals surface area contributed by atoms with Gasteiger partial charge in [-0.05, 0) is 25.0 Å². The molecule has 102 valence electrons. The zero-order chi connectivity index (χ0) is 14.2. The molecule has 20 heavy (non-hydrogen) atoms. The van der Waals surface area contributed by atoms with E-state index in [-0.39, 0.29) is 17.6 Å². The molecule has 1 heterocycles. The van der Waals surface area contributed by atoms with Gasteiger partial charge in [0.2, 0.25) is 0 Å². The van der Waals surface area contributed by atoms with Crippen molar-refractivity contribution in [2.24, 2.45) is 11.0 Å². The number of Topliss-reactive ketones (excluding diaryl/α,β-unsaturated/α-hetero) is 1. The van der Waals surface area contributed by atoms with E-state index in [0.29, 0.717) is 12.8 Å². The van der Waals surface area contributed by atoms with E-state index >= 15 is 0 Å². The molecule has 0 fully saturated rings. The summed E-state index contributed by atoms with van der Waals surface area (Å²) in [5.41, 5.74) is 2.84. The Bertz CT molecular complexity index is 619. The van der Waals surface area contributed by atoms with Crippen molar-refractivity contribution in [3.05, 3.63) is 48.0 Å². The molecule has 0 spiro atoms. The summed E-state index contributed by atoms with van der Waals surface area (Å²) in [5, 5.41) is 4.12. The average molecular weight is 268 g/mol. The maximum Gasteiger partial charge on any atom is 0.257 e. The minimum Gasteiger partial charge on any atom is -0.298 e. The Morgan fingerprint density at radius 1 is 1.25 bits per heavy atom. The number of rotatable bonds is 1. The molecule has 1 aromatic rings. The standard InChI is InChI=1S/C16H16N2O2/c1-16(12-7-3-2-4-8-12)14(19)11-6-5-9-13(10-11)17-18-15(16)20/h2-5,7-9,11H,6,10H2,1H3,(H,18,20). The molecule has 0 saturated heterocycles. The number of nitrogens with one attached hydrogen (secondary N) is 1. The molecule has 0 aromatic heterocycles. The highest BCUT2D eigenvalue weighted by Crippen LogP contribution is 2.33. The van der Waals surface area contributed by atoms with Crippen LogP contribution in [0.4, 0.5) is 0 Å². The molecule has 1 amide bonds. The molecular weight excluding hydrogens is 252 g/mol. The lowest BCUT2D eigenvalue weighted by Crippen LogP contribution is -2.51. The Kier molecular flexibility index (Phi) is 3.01. The van der Waals surface area contributed by atoms with E-state index in [1.807, 2.05) is 42.5 Å². The number of benzene rings is 1. The van der Waals surface area contributed by atoms with Crippen molar-refractivity contribution in [3.63, 3.8) is 0 Å². The van der Waals surface area contributed by atoms with Gasteiger partial charge in [-0.2, -0.15) is 5.10 Å². The first-order valence-corrected chi connectivity index (χ1v) is 6.76. The lowest BCUT2D eigenvalue weighted by atomic mass is 9.70. The fourth-order valence-electron chi connectivity index (χ4n) is 2.85. The summed E-state index contributed by atoms with van der Waals surface area (Å²) in [6.45, 7) is 1.69. The normalized spacial score (nSPS) is 29.2. The number of fused-ring (bicyclic) bond motifs is 2. The van der Waals surface area contributed by atoms with Gasteiger partial charge in [0, 0.05) is 12.3 Å². The third-order valence-electron chi connectivity index (χ3n) is 4.16. The molecule has 0 radical (unpaired) electrons. The van der Waals surface area contributed by atoms with Gasteiger partial charge in [-0.3, -0.25) is 9.59 Å². The predicted octanol–water partition coefficient (Wildman–Crippen LogP) is 1.97. The van der Waals surface area contributed by atoms with E-state index in [1.54, 1.807) is 6.92 Å². The highest BCUT2D eigenvalue weighted by molar-refractivity contribution is 6.15. The summed E-state index contributed by atoms with van der Waals surface area (Å²) in [6, 6.07) is 9.20. The van der Waals surface area contributed by atoms with Crippen LogP contribution >= 0.6 is 0 Å². The second kappa shape index (κ2) is 4.71. The summed E-state index contributed by atoms with van der Waals surface area (Å²) < 4.78 is 0. The van der Waals surface area contributed by atoms with Crippen molar-refractivity contribution in [1.82, 2.24) is 5.43 Å². The van der Waals surface area contributed by atoms with E-state index < -0.39 is 5.41 Å². The fourth-order valence-corrected chi connectivity index (χ4v) is 2.85. The maximum atomic E-state index is 12.9. The molecule has 1 aliphatic heterocycles. The molecule has 2 aliphatic rings. The molecule has 0 saturated carbocycles. The Morgan fingerprint density at radius 2 is 2.00 bits per heavy atom. The van der Waals surface area contributed by atoms with Crippen LogP contribution in [0.3, 0.4) is 0 Å². The van der Waals surface area contributed by atoms with E-state index in [0.717, 1.165) is 11.3 Å². The van der Waals surface area contributed by atoms with Crippen molar-refractivity contribution in [3.8, 4) is 0 Å². The van der Waals surface area contributed by atoms with Gasteiger partial charge in [0.25, 0.3) is 5.91 Å². The van der Waals surface area contributed by atoms with Crippen molar-refractivity contribution in [2.75, 3.05) is 0 Å². The first kappa shape index (κ1) is 12.8. The van der Waals surface area contributed by atoms with E-state index in [2.05, 4.69) is 10.5 Å². The molecule has 1 aromatic carbocycles. The zero-order valence-electron chi connectivity index (χ0n) is 11.3. The SMILES string of the molecule is CC1(c2ccccc2)C(=O)NN=C2C=CCC(C2)C1=O. The number of hydrogen-bond acceptors (Lipinski definition) is 3. The van der Waals surface area contributed by atoms with Gasteiger partial charge in [0.15, 0.2) is 5.78 Å². The van der Waals surface area contributed by atoms with Gasteiger partial charge in [-0.15, -0.1) is 0 Å². The third-order valence-corrected chi connectivity index (χ3v) is 4.16. The van der Waals surface area contributed by atoms with Gasteiger partial charge in [0.05, 0.1) is 5.71 Å². The van der Waals surface area contributed by atoms with Crippen LogP contribution in [-0.2, 0) is 15.0 Å². The highest BCUT2D eigenvalue weighted by Gasteiger charge is 2.46. The van der Waals surface area contributed by atoms with Crippen LogP contribution in [0.2, 0.25) is 0 Å². The van der Waals surface area contributed by atoms with Gasteiger partial charge in [0.1, 0.15) is 5.41 Å². The third kappa shape index (κ3) is 1.88. The number of allylic oxidation sites excluding steroid dienone is 2. The van der Waals surface area contributed by atoms with Crippen molar-refractivity contribution in [1.29, 1.82) is 0 Å². The van der Waals surface area contributed by atoms with Crippen LogP contribution < -0.4 is 5.43 Å². The van der Waals surface area contributed by atoms with Crippen LogP contribution in [0.1, 0.15) is 25.3 Å². The van der Waals surface area contributed by atoms with Crippen molar-refractivity contribution >= 4 is 17.4 Å². The molecule has 2 unspecified atom stereocenters. The zero-order valence-corrected chi connectivity index (χ0v) is 11.3. The van der Waals surface area contributed by atoms with E-state index in [9.17, 15) is 9.59 Å². The molecule has 2 atom stereocenters. The van der Waals surface area contributed by atoms with Crippen LogP contribution in [0, 0.1) is 5.92 Å². The molecule has 1 aliphatic carbocycles. The summed E-state index contributed by atoms with van der Waals surface area (Å²) >= 11 is 0. The summed E-state index contributed by atoms with van der Waals surface area (Å²) in [5.74, 6) is -0.556. The summed E-state index contributed by atoms with van der Waals surface area (Å²) in [6.07, 6.45) is 5.09. The first-order valence-electron chi connectivity index (χ1n) is 6.76. The van der Waals surface area contributed by atoms with Crippen molar-refractivity contribution in [2.45, 2.75) is 25.2 Å². The Hall–Kier alpha value is -2.23. The number of ketones is 1. The second-order valence-electron chi connectivity index (χ2n) is 5.44. The van der Waals surface area contributed by atoms with Gasteiger partial charge in [-0.1, -0.05) is 36.4 Å². The Morgan fingerprint density at radius 3 is 2.75 bits per heavy atom.